The fourth-order valence-electron chi connectivity index (χ4n) is 4.80. The summed E-state index contributed by atoms with van der Waals surface area (Å²) < 4.78 is 31.2. The van der Waals surface area contributed by atoms with Gasteiger partial charge in [0, 0.05) is 6.54 Å². The van der Waals surface area contributed by atoms with Crippen LogP contribution in [0.1, 0.15) is 53.6 Å². The molecule has 0 N–H and O–H groups in total. The molecule has 1 aliphatic heterocycles. The third kappa shape index (κ3) is 5.01. The van der Waals surface area contributed by atoms with E-state index < -0.39 is 17.3 Å². The molecule has 196 valence electrons. The fourth-order valence-corrected chi connectivity index (χ4v) is 4.80. The van der Waals surface area contributed by atoms with Gasteiger partial charge in [0.15, 0.2) is 5.43 Å². The van der Waals surface area contributed by atoms with Crippen molar-refractivity contribution in [2.45, 2.75) is 32.7 Å². The predicted molar refractivity (Wildman–Crippen MR) is 143 cm³/mol. The first-order valence-electron chi connectivity index (χ1n) is 12.8. The minimum Gasteiger partial charge on any atom is -0.497 e. The highest BCUT2D eigenvalue weighted by Gasteiger charge is 2.42. The molecule has 0 bridgehead atoms. The van der Waals surface area contributed by atoms with E-state index in [1.54, 1.807) is 12.0 Å². The van der Waals surface area contributed by atoms with Gasteiger partial charge in [-0.1, -0.05) is 38.1 Å². The van der Waals surface area contributed by atoms with Crippen LogP contribution >= 0.6 is 0 Å². The van der Waals surface area contributed by atoms with Gasteiger partial charge in [0.05, 0.1) is 30.7 Å². The van der Waals surface area contributed by atoms with Gasteiger partial charge in [0.1, 0.15) is 22.9 Å². The normalized spacial score (nSPS) is 14.8. The van der Waals surface area contributed by atoms with Crippen molar-refractivity contribution in [1.82, 2.24) is 4.90 Å². The Morgan fingerprint density at radius 2 is 1.79 bits per heavy atom. The second-order valence-electron chi connectivity index (χ2n) is 9.92. The molecular formula is C31H30FNO5. The molecule has 6 nitrogen and oxygen atoms in total. The second-order valence-corrected chi connectivity index (χ2v) is 9.92. The Bertz CT molecular complexity index is 1530. The molecule has 7 heteroatoms. The summed E-state index contributed by atoms with van der Waals surface area (Å²) in [6.45, 7) is 5.18. The second kappa shape index (κ2) is 10.7. The molecule has 0 saturated carbocycles. The van der Waals surface area contributed by atoms with Crippen molar-refractivity contribution in [3.05, 3.63) is 105 Å². The number of amides is 1. The maximum Gasteiger partial charge on any atom is 0.290 e. The molecule has 0 saturated heterocycles. The summed E-state index contributed by atoms with van der Waals surface area (Å²) >= 11 is 0. The zero-order valence-electron chi connectivity index (χ0n) is 21.7. The summed E-state index contributed by atoms with van der Waals surface area (Å²) in [4.78, 5) is 29.0. The van der Waals surface area contributed by atoms with E-state index in [-0.39, 0.29) is 28.2 Å². The van der Waals surface area contributed by atoms with Crippen molar-refractivity contribution in [3.63, 3.8) is 0 Å². The van der Waals surface area contributed by atoms with Crippen LogP contribution in [0.15, 0.2) is 75.9 Å². The number of carbonyl (C=O) groups excluding carboxylic acids is 1. The maximum atomic E-state index is 14.0. The highest BCUT2D eigenvalue weighted by Crippen LogP contribution is 2.39. The van der Waals surface area contributed by atoms with E-state index >= 15 is 0 Å². The average Bonchev–Trinajstić information content (AvgIpc) is 3.19. The lowest BCUT2D eigenvalue weighted by Gasteiger charge is -2.25. The predicted octanol–water partition coefficient (Wildman–Crippen LogP) is 6.15. The Kier molecular flexibility index (Phi) is 7.18. The van der Waals surface area contributed by atoms with Gasteiger partial charge in [-0.2, -0.15) is 0 Å². The lowest BCUT2D eigenvalue weighted by Crippen LogP contribution is -2.31. The molecular weight excluding hydrogens is 485 g/mol. The molecule has 38 heavy (non-hydrogen) atoms. The number of hydrogen-bond acceptors (Lipinski definition) is 5. The molecule has 2 heterocycles. The molecule has 1 aliphatic rings. The van der Waals surface area contributed by atoms with Crippen molar-refractivity contribution >= 4 is 16.9 Å². The van der Waals surface area contributed by atoms with Crippen molar-refractivity contribution in [2.24, 2.45) is 5.92 Å². The van der Waals surface area contributed by atoms with Crippen LogP contribution in [-0.2, 0) is 6.42 Å². The molecule has 0 radical (unpaired) electrons. The smallest absolute Gasteiger partial charge is 0.290 e. The third-order valence-electron chi connectivity index (χ3n) is 6.87. The summed E-state index contributed by atoms with van der Waals surface area (Å²) in [6, 6.07) is 18.2. The first-order valence-corrected chi connectivity index (χ1v) is 12.8. The summed E-state index contributed by atoms with van der Waals surface area (Å²) in [5.41, 5.74) is 1.76. The molecule has 0 spiro atoms. The average molecular weight is 516 g/mol. The molecule has 5 rings (SSSR count). The number of rotatable bonds is 9. The Labute approximate surface area is 220 Å². The zero-order valence-corrected chi connectivity index (χ0v) is 21.7. The maximum absolute atomic E-state index is 14.0. The van der Waals surface area contributed by atoms with Crippen LogP contribution in [0.4, 0.5) is 4.39 Å². The number of hydrogen-bond donors (Lipinski definition) is 0. The zero-order chi connectivity index (χ0) is 26.8. The number of ether oxygens (including phenoxy) is 2. The molecule has 1 unspecified atom stereocenters. The Hall–Kier alpha value is -4.13. The van der Waals surface area contributed by atoms with Gasteiger partial charge < -0.3 is 18.8 Å². The van der Waals surface area contributed by atoms with Crippen LogP contribution in [-0.4, -0.2) is 31.1 Å². The van der Waals surface area contributed by atoms with E-state index in [1.165, 1.54) is 12.1 Å². The van der Waals surface area contributed by atoms with Crippen molar-refractivity contribution in [2.75, 3.05) is 20.3 Å². The molecule has 1 amide bonds. The SMILES string of the molecule is COc1ccc(CCN2C(=O)c3oc4ccc(F)cc4c(=O)c3C2c2cccc(OCCC(C)C)c2)cc1. The van der Waals surface area contributed by atoms with Crippen molar-refractivity contribution < 1.29 is 23.1 Å². The Morgan fingerprint density at radius 3 is 2.53 bits per heavy atom. The van der Waals surface area contributed by atoms with E-state index in [0.29, 0.717) is 31.2 Å². The van der Waals surface area contributed by atoms with Crippen LogP contribution in [0.5, 0.6) is 11.5 Å². The summed E-state index contributed by atoms with van der Waals surface area (Å²) in [5, 5.41) is 0.114. The van der Waals surface area contributed by atoms with Crippen LogP contribution in [0.3, 0.4) is 0 Å². The van der Waals surface area contributed by atoms with E-state index in [2.05, 4.69) is 13.8 Å². The Morgan fingerprint density at radius 1 is 1.00 bits per heavy atom. The molecule has 4 aromatic rings. The van der Waals surface area contributed by atoms with Gasteiger partial charge in [0.2, 0.25) is 5.76 Å². The molecule has 1 atom stereocenters. The minimum absolute atomic E-state index is 0.0000294. The van der Waals surface area contributed by atoms with Gasteiger partial charge in [-0.25, -0.2) is 4.39 Å². The van der Waals surface area contributed by atoms with Gasteiger partial charge in [-0.15, -0.1) is 0 Å². The topological polar surface area (TPSA) is 69.0 Å². The number of halogens is 1. The van der Waals surface area contributed by atoms with E-state index in [0.717, 1.165) is 29.4 Å². The van der Waals surface area contributed by atoms with Crippen molar-refractivity contribution in [3.8, 4) is 11.5 Å². The lowest BCUT2D eigenvalue weighted by atomic mass is 9.98. The number of nitrogens with zero attached hydrogens (tertiary/aromatic N) is 1. The minimum atomic E-state index is -0.687. The molecule has 1 aromatic heterocycles. The quantitative estimate of drug-likeness (QED) is 0.267. The first kappa shape index (κ1) is 25.5. The van der Waals surface area contributed by atoms with Crippen LogP contribution < -0.4 is 14.9 Å². The van der Waals surface area contributed by atoms with E-state index in [9.17, 15) is 14.0 Å². The highest BCUT2D eigenvalue weighted by molar-refractivity contribution is 5.99. The summed E-state index contributed by atoms with van der Waals surface area (Å²) in [6.07, 6.45) is 1.47. The van der Waals surface area contributed by atoms with E-state index in [4.69, 9.17) is 13.9 Å². The van der Waals surface area contributed by atoms with Gasteiger partial charge in [-0.05, 0) is 72.4 Å². The lowest BCUT2D eigenvalue weighted by molar-refractivity contribution is 0.0729. The molecule has 0 aliphatic carbocycles. The summed E-state index contributed by atoms with van der Waals surface area (Å²) in [7, 11) is 1.61. The monoisotopic (exact) mass is 515 g/mol. The van der Waals surface area contributed by atoms with E-state index in [1.807, 2.05) is 48.5 Å². The fraction of sp³-hybridized carbons (Fsp3) is 0.290. The molecule has 0 fully saturated rings. The summed E-state index contributed by atoms with van der Waals surface area (Å²) in [5.74, 6) is 1.01. The number of fused-ring (bicyclic) bond motifs is 2. The number of carbonyl (C=O) groups is 1. The first-order chi connectivity index (χ1) is 18.4. The molecule has 3 aromatic carbocycles. The van der Waals surface area contributed by atoms with Crippen molar-refractivity contribution in [1.29, 1.82) is 0 Å². The number of benzene rings is 3. The third-order valence-corrected chi connectivity index (χ3v) is 6.87. The standard InChI is InChI=1S/C31H30FNO5/c1-19(2)14-16-37-24-6-4-5-21(17-24)28-27-29(34)25-18-22(32)9-12-26(25)38-30(27)31(35)33(28)15-13-20-7-10-23(36-3)11-8-20/h4-12,17-19,28H,13-16H2,1-3H3. The van der Waals surface area contributed by atoms with Crippen LogP contribution in [0.2, 0.25) is 0 Å². The van der Waals surface area contributed by atoms with Crippen LogP contribution in [0, 0.1) is 11.7 Å². The van der Waals surface area contributed by atoms with Gasteiger partial charge in [0.25, 0.3) is 5.91 Å². The van der Waals surface area contributed by atoms with Gasteiger partial charge >= 0.3 is 0 Å². The number of methoxy groups -OCH3 is 1. The van der Waals surface area contributed by atoms with Crippen LogP contribution in [0.25, 0.3) is 11.0 Å². The highest BCUT2D eigenvalue weighted by atomic mass is 19.1. The van der Waals surface area contributed by atoms with Gasteiger partial charge in [-0.3, -0.25) is 9.59 Å². The largest absolute Gasteiger partial charge is 0.497 e. The Balaban J connectivity index is 1.55.